The van der Waals surface area contributed by atoms with E-state index in [4.69, 9.17) is 9.15 Å². The number of amides is 1. The van der Waals surface area contributed by atoms with E-state index in [1.807, 2.05) is 79.7 Å². The van der Waals surface area contributed by atoms with Gasteiger partial charge < -0.3 is 14.1 Å². The van der Waals surface area contributed by atoms with Crippen LogP contribution in [0.5, 0.6) is 0 Å². The van der Waals surface area contributed by atoms with Crippen molar-refractivity contribution in [2.75, 3.05) is 45.9 Å². The number of furan rings is 1. The third-order valence-corrected chi connectivity index (χ3v) is 8.99. The van der Waals surface area contributed by atoms with Gasteiger partial charge in [0.25, 0.3) is 0 Å². The molecule has 0 atom stereocenters. The fourth-order valence-electron chi connectivity index (χ4n) is 4.88. The van der Waals surface area contributed by atoms with Crippen molar-refractivity contribution < 1.29 is 22.4 Å². The molecule has 0 bridgehead atoms. The first-order chi connectivity index (χ1) is 19.4. The number of rotatable bonds is 11. The molecule has 1 aliphatic rings. The molecule has 1 aromatic heterocycles. The molecule has 40 heavy (non-hydrogen) atoms. The van der Waals surface area contributed by atoms with Crippen LogP contribution in [0.3, 0.4) is 0 Å². The van der Waals surface area contributed by atoms with Crippen LogP contribution in [-0.4, -0.2) is 74.4 Å². The number of ether oxygens (including phenoxy) is 1. The first kappa shape index (κ1) is 28.0. The molecule has 1 aliphatic heterocycles. The molecule has 210 valence electrons. The summed E-state index contributed by atoms with van der Waals surface area (Å²) in [5.41, 5.74) is 0.955. The second kappa shape index (κ2) is 12.8. The van der Waals surface area contributed by atoms with Crippen molar-refractivity contribution in [1.82, 2.24) is 14.1 Å². The van der Waals surface area contributed by atoms with Gasteiger partial charge in [0.15, 0.2) is 0 Å². The standard InChI is InChI=1S/C31H35N3O5S/c1-25-11-13-29(39-25)23-33(22-26-7-3-2-4-8-26)31(35)24-34(16-15-32-17-19-38-20-18-32)40(36,37)30-14-12-27-9-5-6-10-28(27)21-30/h2-14,21H,15-20,22-24H2,1H3. The van der Waals surface area contributed by atoms with Gasteiger partial charge >= 0.3 is 0 Å². The Morgan fingerprint density at radius 3 is 2.33 bits per heavy atom. The van der Waals surface area contributed by atoms with Gasteiger partial charge in [-0.15, -0.1) is 0 Å². The molecule has 0 radical (unpaired) electrons. The number of aryl methyl sites for hydroxylation is 1. The van der Waals surface area contributed by atoms with Gasteiger partial charge in [-0.05, 0) is 47.5 Å². The van der Waals surface area contributed by atoms with Crippen LogP contribution in [-0.2, 0) is 32.6 Å². The number of hydrogen-bond acceptors (Lipinski definition) is 6. The quantitative estimate of drug-likeness (QED) is 0.272. The van der Waals surface area contributed by atoms with E-state index in [0.29, 0.717) is 32.1 Å². The van der Waals surface area contributed by atoms with Gasteiger partial charge in [-0.2, -0.15) is 4.31 Å². The second-order valence-electron chi connectivity index (χ2n) is 10.0. The van der Waals surface area contributed by atoms with Gasteiger partial charge in [0.05, 0.1) is 31.2 Å². The number of benzene rings is 3. The molecule has 0 aliphatic carbocycles. The predicted octanol–water partition coefficient (Wildman–Crippen LogP) is 4.29. The Morgan fingerprint density at radius 2 is 1.60 bits per heavy atom. The van der Waals surface area contributed by atoms with Crippen LogP contribution < -0.4 is 0 Å². The van der Waals surface area contributed by atoms with E-state index in [9.17, 15) is 13.2 Å². The summed E-state index contributed by atoms with van der Waals surface area (Å²) in [5.74, 6) is 1.12. The Bertz CT molecular complexity index is 1530. The Hall–Kier alpha value is -3.50. The average Bonchev–Trinajstić information content (AvgIpc) is 3.39. The van der Waals surface area contributed by atoms with Crippen molar-refractivity contribution in [2.24, 2.45) is 0 Å². The molecule has 8 nitrogen and oxygen atoms in total. The summed E-state index contributed by atoms with van der Waals surface area (Å²) >= 11 is 0. The third-order valence-electron chi connectivity index (χ3n) is 7.15. The zero-order chi connectivity index (χ0) is 28.0. The molecule has 3 aromatic carbocycles. The maximum absolute atomic E-state index is 14.0. The van der Waals surface area contributed by atoms with E-state index in [0.717, 1.165) is 35.2 Å². The summed E-state index contributed by atoms with van der Waals surface area (Å²) in [4.78, 5) is 17.9. The van der Waals surface area contributed by atoms with Crippen LogP contribution in [0.15, 0.2) is 94.2 Å². The summed E-state index contributed by atoms with van der Waals surface area (Å²) in [7, 11) is -3.96. The fourth-order valence-corrected chi connectivity index (χ4v) is 6.30. The number of morpholine rings is 1. The van der Waals surface area contributed by atoms with Crippen LogP contribution in [0.4, 0.5) is 0 Å². The van der Waals surface area contributed by atoms with Gasteiger partial charge in [0.1, 0.15) is 11.5 Å². The van der Waals surface area contributed by atoms with Crippen LogP contribution in [0, 0.1) is 6.92 Å². The summed E-state index contributed by atoms with van der Waals surface area (Å²) in [5, 5.41) is 1.79. The number of carbonyl (C=O) groups is 1. The second-order valence-corrected chi connectivity index (χ2v) is 12.0. The van der Waals surface area contributed by atoms with Crippen molar-refractivity contribution >= 4 is 26.7 Å². The van der Waals surface area contributed by atoms with Gasteiger partial charge in [-0.1, -0.05) is 60.7 Å². The normalized spacial score (nSPS) is 14.6. The van der Waals surface area contributed by atoms with Gasteiger partial charge in [-0.25, -0.2) is 8.42 Å². The minimum atomic E-state index is -3.96. The molecule has 0 spiro atoms. The Morgan fingerprint density at radius 1 is 0.875 bits per heavy atom. The Balaban J connectivity index is 1.42. The summed E-state index contributed by atoms with van der Waals surface area (Å²) in [6.45, 7) is 5.57. The van der Waals surface area contributed by atoms with Crippen molar-refractivity contribution in [1.29, 1.82) is 0 Å². The molecule has 1 saturated heterocycles. The zero-order valence-electron chi connectivity index (χ0n) is 22.7. The minimum absolute atomic E-state index is 0.178. The van der Waals surface area contributed by atoms with Crippen molar-refractivity contribution in [2.45, 2.75) is 24.9 Å². The monoisotopic (exact) mass is 561 g/mol. The summed E-state index contributed by atoms with van der Waals surface area (Å²) in [6, 6.07) is 26.2. The van der Waals surface area contributed by atoms with E-state index in [2.05, 4.69) is 4.90 Å². The molecule has 0 saturated carbocycles. The smallest absolute Gasteiger partial charge is 0.243 e. The van der Waals surface area contributed by atoms with Crippen molar-refractivity contribution in [3.05, 3.63) is 102 Å². The maximum atomic E-state index is 14.0. The van der Waals surface area contributed by atoms with Crippen molar-refractivity contribution in [3.63, 3.8) is 0 Å². The molecular weight excluding hydrogens is 526 g/mol. The minimum Gasteiger partial charge on any atom is -0.464 e. The molecule has 0 N–H and O–H groups in total. The fraction of sp³-hybridized carbons (Fsp3) is 0.323. The number of nitrogens with zero attached hydrogens (tertiary/aromatic N) is 3. The lowest BCUT2D eigenvalue weighted by atomic mass is 10.1. The topological polar surface area (TPSA) is 83.3 Å². The first-order valence-electron chi connectivity index (χ1n) is 13.5. The van der Waals surface area contributed by atoms with Gasteiger partial charge in [0, 0.05) is 32.7 Å². The lowest BCUT2D eigenvalue weighted by Crippen LogP contribution is -2.47. The molecule has 0 unspecified atom stereocenters. The predicted molar refractivity (Wildman–Crippen MR) is 154 cm³/mol. The van der Waals surface area contributed by atoms with Gasteiger partial charge in [-0.3, -0.25) is 9.69 Å². The molecule has 9 heteroatoms. The highest BCUT2D eigenvalue weighted by atomic mass is 32.2. The third kappa shape index (κ3) is 6.98. The molecule has 4 aromatic rings. The van der Waals surface area contributed by atoms with Crippen molar-refractivity contribution in [3.8, 4) is 0 Å². The number of carbonyl (C=O) groups excluding carboxylic acids is 1. The van der Waals surface area contributed by atoms with Crippen LogP contribution in [0.1, 0.15) is 17.1 Å². The number of hydrogen-bond donors (Lipinski definition) is 0. The first-order valence-corrected chi connectivity index (χ1v) is 15.0. The van der Waals surface area contributed by atoms with E-state index in [1.54, 1.807) is 17.0 Å². The Labute approximate surface area is 235 Å². The molecule has 1 fully saturated rings. The number of sulfonamides is 1. The molecule has 5 rings (SSSR count). The zero-order valence-corrected chi connectivity index (χ0v) is 23.6. The molecule has 2 heterocycles. The highest BCUT2D eigenvalue weighted by Gasteiger charge is 2.30. The SMILES string of the molecule is Cc1ccc(CN(Cc2ccccc2)C(=O)CN(CCN2CCOCC2)S(=O)(=O)c2ccc3ccccc3c2)o1. The number of fused-ring (bicyclic) bond motifs is 1. The van der Waals surface area contributed by atoms with Crippen LogP contribution in [0.25, 0.3) is 10.8 Å². The van der Waals surface area contributed by atoms with E-state index in [1.165, 1.54) is 4.31 Å². The van der Waals surface area contributed by atoms with E-state index < -0.39 is 10.0 Å². The molecular formula is C31H35N3O5S. The highest BCUT2D eigenvalue weighted by molar-refractivity contribution is 7.89. The van der Waals surface area contributed by atoms with Crippen LogP contribution in [0.2, 0.25) is 0 Å². The molecule has 1 amide bonds. The summed E-state index contributed by atoms with van der Waals surface area (Å²) < 4.78 is 40.6. The maximum Gasteiger partial charge on any atom is 0.243 e. The largest absolute Gasteiger partial charge is 0.464 e. The Kier molecular flexibility index (Phi) is 8.96. The van der Waals surface area contributed by atoms with E-state index >= 15 is 0 Å². The van der Waals surface area contributed by atoms with Gasteiger partial charge in [0.2, 0.25) is 15.9 Å². The van der Waals surface area contributed by atoms with Crippen LogP contribution >= 0.6 is 0 Å². The lowest BCUT2D eigenvalue weighted by molar-refractivity contribution is -0.133. The lowest BCUT2D eigenvalue weighted by Gasteiger charge is -2.31. The summed E-state index contributed by atoms with van der Waals surface area (Å²) in [6.07, 6.45) is 0. The highest BCUT2D eigenvalue weighted by Crippen LogP contribution is 2.23. The average molecular weight is 562 g/mol. The van der Waals surface area contributed by atoms with E-state index in [-0.39, 0.29) is 30.4 Å².